The highest BCUT2D eigenvalue weighted by molar-refractivity contribution is 14.0. The second-order valence-corrected chi connectivity index (χ2v) is 7.11. The Kier molecular flexibility index (Phi) is 7.47. The Hall–Kier alpha value is -0.690. The normalized spacial score (nSPS) is 20.7. The molecule has 0 spiro atoms. The molecule has 134 valence electrons. The number of hydrogen-bond acceptors (Lipinski definition) is 2. The molecule has 1 unspecified atom stereocenters. The first kappa shape index (κ1) is 19.6. The molecule has 1 aliphatic heterocycles. The molecule has 3 rings (SSSR count). The summed E-state index contributed by atoms with van der Waals surface area (Å²) in [5, 5.41) is 7.64. The summed E-state index contributed by atoms with van der Waals surface area (Å²) in [6.07, 6.45) is 3.74. The van der Waals surface area contributed by atoms with E-state index < -0.39 is 0 Å². The quantitative estimate of drug-likeness (QED) is 0.397. The van der Waals surface area contributed by atoms with E-state index in [1.165, 1.54) is 30.5 Å². The smallest absolute Gasteiger partial charge is 0.191 e. The summed E-state index contributed by atoms with van der Waals surface area (Å²) < 4.78 is 0. The monoisotopic (exact) mass is 462 g/mol. The van der Waals surface area contributed by atoms with E-state index >= 15 is 0 Å². The minimum atomic E-state index is 0. The van der Waals surface area contributed by atoms with Crippen LogP contribution in [0.3, 0.4) is 0 Å². The summed E-state index contributed by atoms with van der Waals surface area (Å²) >= 11 is 6.16. The van der Waals surface area contributed by atoms with Crippen molar-refractivity contribution in [3.8, 4) is 0 Å². The molecule has 1 aromatic carbocycles. The van der Waals surface area contributed by atoms with Crippen LogP contribution in [0.4, 0.5) is 5.69 Å². The number of aryl methyl sites for hydroxylation is 1. The molecule has 1 heterocycles. The molecule has 0 amide bonds. The molecule has 1 aliphatic carbocycles. The minimum Gasteiger partial charge on any atom is -0.371 e. The van der Waals surface area contributed by atoms with Crippen molar-refractivity contribution >= 4 is 47.2 Å². The fourth-order valence-electron chi connectivity index (χ4n) is 3.09. The molecule has 0 radical (unpaired) electrons. The summed E-state index contributed by atoms with van der Waals surface area (Å²) in [6.45, 7) is 8.22. The number of benzene rings is 1. The molecule has 2 fully saturated rings. The van der Waals surface area contributed by atoms with Crippen molar-refractivity contribution in [1.29, 1.82) is 0 Å². The van der Waals surface area contributed by atoms with Crippen molar-refractivity contribution in [2.24, 2.45) is 10.9 Å². The van der Waals surface area contributed by atoms with Crippen molar-refractivity contribution in [1.82, 2.24) is 10.6 Å². The first-order chi connectivity index (χ1) is 11.2. The molecular weight excluding hydrogens is 435 g/mol. The number of hydrogen-bond donors (Lipinski definition) is 2. The van der Waals surface area contributed by atoms with Gasteiger partial charge in [0.25, 0.3) is 0 Å². The second kappa shape index (κ2) is 9.13. The number of anilines is 1. The van der Waals surface area contributed by atoms with E-state index in [2.05, 4.69) is 41.5 Å². The maximum absolute atomic E-state index is 6.16. The molecule has 0 bridgehead atoms. The van der Waals surface area contributed by atoms with Crippen LogP contribution in [-0.2, 0) is 0 Å². The predicted octanol–water partition coefficient (Wildman–Crippen LogP) is 3.81. The fraction of sp³-hybridized carbons (Fsp3) is 0.611. The van der Waals surface area contributed by atoms with Crippen molar-refractivity contribution < 1.29 is 0 Å². The van der Waals surface area contributed by atoms with Gasteiger partial charge in [0.15, 0.2) is 5.96 Å². The van der Waals surface area contributed by atoms with Crippen LogP contribution in [-0.4, -0.2) is 38.2 Å². The second-order valence-electron chi connectivity index (χ2n) is 6.67. The summed E-state index contributed by atoms with van der Waals surface area (Å²) in [6, 6.07) is 6.79. The largest absolute Gasteiger partial charge is 0.371 e. The highest BCUT2D eigenvalue weighted by atomic mass is 127. The Bertz CT molecular complexity index is 574. The highest BCUT2D eigenvalue weighted by Crippen LogP contribution is 2.29. The average molecular weight is 463 g/mol. The van der Waals surface area contributed by atoms with Gasteiger partial charge in [-0.25, -0.2) is 0 Å². The molecular formula is C18H28ClIN4. The summed E-state index contributed by atoms with van der Waals surface area (Å²) in [4.78, 5) is 7.23. The van der Waals surface area contributed by atoms with Crippen LogP contribution < -0.4 is 15.5 Å². The third-order valence-corrected chi connectivity index (χ3v) is 4.80. The number of nitrogens with one attached hydrogen (secondary N) is 2. The van der Waals surface area contributed by atoms with E-state index in [1.54, 1.807) is 0 Å². The van der Waals surface area contributed by atoms with Gasteiger partial charge >= 0.3 is 0 Å². The maximum atomic E-state index is 6.16. The van der Waals surface area contributed by atoms with Crippen LogP contribution in [0.5, 0.6) is 0 Å². The van der Waals surface area contributed by atoms with Gasteiger partial charge in [-0.15, -0.1) is 24.0 Å². The van der Waals surface area contributed by atoms with Crippen molar-refractivity contribution in [3.63, 3.8) is 0 Å². The Labute approximate surface area is 167 Å². The topological polar surface area (TPSA) is 39.7 Å². The van der Waals surface area contributed by atoms with Gasteiger partial charge in [0.05, 0.1) is 0 Å². The van der Waals surface area contributed by atoms with Crippen molar-refractivity contribution in [2.75, 3.05) is 31.1 Å². The van der Waals surface area contributed by atoms with E-state index in [4.69, 9.17) is 16.6 Å². The van der Waals surface area contributed by atoms with E-state index in [-0.39, 0.29) is 24.0 Å². The lowest BCUT2D eigenvalue weighted by Crippen LogP contribution is -2.39. The zero-order valence-electron chi connectivity index (χ0n) is 14.5. The maximum Gasteiger partial charge on any atom is 0.191 e. The minimum absolute atomic E-state index is 0. The molecule has 1 atom stereocenters. The van der Waals surface area contributed by atoms with Crippen LogP contribution >= 0.6 is 35.6 Å². The van der Waals surface area contributed by atoms with Gasteiger partial charge < -0.3 is 15.5 Å². The molecule has 24 heavy (non-hydrogen) atoms. The first-order valence-corrected chi connectivity index (χ1v) is 9.09. The molecule has 1 aromatic rings. The van der Waals surface area contributed by atoms with Crippen LogP contribution in [0.15, 0.2) is 23.2 Å². The van der Waals surface area contributed by atoms with Gasteiger partial charge in [-0.05, 0) is 56.7 Å². The first-order valence-electron chi connectivity index (χ1n) is 8.71. The standard InChI is InChI=1S/C18H27ClN4.HI/c1-3-20-18(22-16-6-7-16)21-11-14-8-9-23(12-14)17-10-15(19)5-4-13(17)2;/h4-5,10,14,16H,3,6-9,11-12H2,1-2H3,(H2,20,21,22);1H. The van der Waals surface area contributed by atoms with Crippen LogP contribution in [0.1, 0.15) is 31.7 Å². The molecule has 1 saturated carbocycles. The number of aliphatic imine (C=N–C) groups is 1. The van der Waals surface area contributed by atoms with Gasteiger partial charge in [0.2, 0.25) is 0 Å². The van der Waals surface area contributed by atoms with Gasteiger partial charge in [-0.3, -0.25) is 4.99 Å². The lowest BCUT2D eigenvalue weighted by atomic mass is 10.1. The molecule has 0 aromatic heterocycles. The van der Waals surface area contributed by atoms with Gasteiger partial charge in [0, 0.05) is 42.9 Å². The Morgan fingerprint density at radius 3 is 2.83 bits per heavy atom. The molecule has 1 saturated heterocycles. The van der Waals surface area contributed by atoms with Crippen LogP contribution in [0.2, 0.25) is 5.02 Å². The third kappa shape index (κ3) is 5.41. The lowest BCUT2D eigenvalue weighted by molar-refractivity contribution is 0.599. The zero-order chi connectivity index (χ0) is 16.2. The van der Waals surface area contributed by atoms with Gasteiger partial charge in [0.1, 0.15) is 0 Å². The van der Waals surface area contributed by atoms with E-state index in [0.29, 0.717) is 12.0 Å². The van der Waals surface area contributed by atoms with E-state index in [0.717, 1.165) is 37.2 Å². The van der Waals surface area contributed by atoms with Crippen molar-refractivity contribution in [2.45, 2.75) is 39.2 Å². The summed E-state index contributed by atoms with van der Waals surface area (Å²) in [5.41, 5.74) is 2.56. The number of halogens is 2. The van der Waals surface area contributed by atoms with Crippen LogP contribution in [0.25, 0.3) is 0 Å². The Balaban J connectivity index is 0.00000208. The lowest BCUT2D eigenvalue weighted by Gasteiger charge is -2.21. The third-order valence-electron chi connectivity index (χ3n) is 4.57. The fourth-order valence-corrected chi connectivity index (χ4v) is 3.25. The number of nitrogens with zero attached hydrogens (tertiary/aromatic N) is 2. The van der Waals surface area contributed by atoms with E-state index in [9.17, 15) is 0 Å². The zero-order valence-corrected chi connectivity index (χ0v) is 17.6. The SMILES string of the molecule is CCNC(=NCC1CCN(c2cc(Cl)ccc2C)C1)NC1CC1.I. The Morgan fingerprint density at radius 2 is 2.12 bits per heavy atom. The van der Waals surface area contributed by atoms with Gasteiger partial charge in [-0.2, -0.15) is 0 Å². The molecule has 4 nitrogen and oxygen atoms in total. The average Bonchev–Trinajstić information content (AvgIpc) is 3.22. The van der Waals surface area contributed by atoms with Gasteiger partial charge in [-0.1, -0.05) is 17.7 Å². The molecule has 2 N–H and O–H groups in total. The van der Waals surface area contributed by atoms with Crippen molar-refractivity contribution in [3.05, 3.63) is 28.8 Å². The summed E-state index contributed by atoms with van der Waals surface area (Å²) in [7, 11) is 0. The summed E-state index contributed by atoms with van der Waals surface area (Å²) in [5.74, 6) is 1.59. The molecule has 6 heteroatoms. The Morgan fingerprint density at radius 1 is 1.33 bits per heavy atom. The molecule has 2 aliphatic rings. The van der Waals surface area contributed by atoms with Crippen LogP contribution in [0, 0.1) is 12.8 Å². The van der Waals surface area contributed by atoms with E-state index in [1.807, 2.05) is 6.07 Å². The number of guanidine groups is 1. The predicted molar refractivity (Wildman–Crippen MR) is 114 cm³/mol. The number of rotatable bonds is 5. The highest BCUT2D eigenvalue weighted by Gasteiger charge is 2.25.